The van der Waals surface area contributed by atoms with Crippen molar-refractivity contribution < 1.29 is 14.1 Å². The fourth-order valence-electron chi connectivity index (χ4n) is 2.75. The first kappa shape index (κ1) is 15.6. The molecule has 7 heteroatoms. The first-order chi connectivity index (χ1) is 11.1. The molecule has 0 saturated carbocycles. The molecule has 0 aromatic carbocycles. The van der Waals surface area contributed by atoms with E-state index in [1.54, 1.807) is 25.4 Å². The predicted octanol–water partition coefficient (Wildman–Crippen LogP) is 1.56. The quantitative estimate of drug-likeness (QED) is 0.851. The minimum Gasteiger partial charge on any atom is -0.377 e. The van der Waals surface area contributed by atoms with Crippen molar-refractivity contribution >= 4 is 5.91 Å². The van der Waals surface area contributed by atoms with Crippen LogP contribution in [-0.2, 0) is 11.2 Å². The van der Waals surface area contributed by atoms with Crippen molar-refractivity contribution in [2.24, 2.45) is 0 Å². The zero-order valence-electron chi connectivity index (χ0n) is 13.4. The number of nitrogens with zero attached hydrogens (tertiary/aromatic N) is 4. The van der Waals surface area contributed by atoms with E-state index in [0.29, 0.717) is 25.5 Å². The molecule has 1 aliphatic heterocycles. The van der Waals surface area contributed by atoms with E-state index in [9.17, 15) is 4.79 Å². The number of hydrogen-bond donors (Lipinski definition) is 0. The van der Waals surface area contributed by atoms with Crippen LogP contribution in [0.5, 0.6) is 0 Å². The van der Waals surface area contributed by atoms with Crippen LogP contribution in [-0.4, -0.2) is 51.7 Å². The second-order valence-corrected chi connectivity index (χ2v) is 5.69. The summed E-state index contributed by atoms with van der Waals surface area (Å²) in [7, 11) is 0. The van der Waals surface area contributed by atoms with Crippen molar-refractivity contribution in [2.45, 2.75) is 32.7 Å². The van der Waals surface area contributed by atoms with Crippen molar-refractivity contribution in [3.63, 3.8) is 0 Å². The molecule has 122 valence electrons. The SMILES string of the molecule is Cc1cc(C(=O)N2CCOC[C@@H]2CCc2nccnc2C)on1. The summed E-state index contributed by atoms with van der Waals surface area (Å²) < 4.78 is 10.7. The Morgan fingerprint density at radius 2 is 2.17 bits per heavy atom. The molecule has 1 fully saturated rings. The second kappa shape index (κ2) is 6.87. The third-order valence-corrected chi connectivity index (χ3v) is 4.02. The van der Waals surface area contributed by atoms with E-state index in [-0.39, 0.29) is 17.7 Å². The monoisotopic (exact) mass is 316 g/mol. The van der Waals surface area contributed by atoms with Gasteiger partial charge >= 0.3 is 0 Å². The van der Waals surface area contributed by atoms with Crippen LogP contribution in [0.2, 0.25) is 0 Å². The summed E-state index contributed by atoms with van der Waals surface area (Å²) in [5.41, 5.74) is 2.59. The van der Waals surface area contributed by atoms with Crippen LogP contribution in [0.25, 0.3) is 0 Å². The highest BCUT2D eigenvalue weighted by Crippen LogP contribution is 2.18. The van der Waals surface area contributed by atoms with Gasteiger partial charge in [0.25, 0.3) is 5.91 Å². The van der Waals surface area contributed by atoms with Gasteiger partial charge in [0.15, 0.2) is 0 Å². The average molecular weight is 316 g/mol. The van der Waals surface area contributed by atoms with Crippen LogP contribution in [0.4, 0.5) is 0 Å². The maximum Gasteiger partial charge on any atom is 0.292 e. The molecule has 0 bridgehead atoms. The maximum absolute atomic E-state index is 12.6. The highest BCUT2D eigenvalue weighted by Gasteiger charge is 2.30. The van der Waals surface area contributed by atoms with E-state index in [0.717, 1.165) is 24.2 Å². The van der Waals surface area contributed by atoms with Crippen molar-refractivity contribution in [1.29, 1.82) is 0 Å². The summed E-state index contributed by atoms with van der Waals surface area (Å²) in [6, 6.07) is 1.67. The number of rotatable bonds is 4. The standard InChI is InChI=1S/C16H20N4O3/c1-11-9-15(23-19-11)16(21)20-7-8-22-10-13(20)3-4-14-12(2)17-5-6-18-14/h5-6,9,13H,3-4,7-8,10H2,1-2H3/t13-/m0/s1. The van der Waals surface area contributed by atoms with E-state index >= 15 is 0 Å². The van der Waals surface area contributed by atoms with Gasteiger partial charge in [0.1, 0.15) is 0 Å². The van der Waals surface area contributed by atoms with Crippen LogP contribution in [0, 0.1) is 13.8 Å². The Bertz CT molecular complexity index is 685. The Morgan fingerprint density at radius 3 is 2.91 bits per heavy atom. The first-order valence-electron chi connectivity index (χ1n) is 7.73. The molecule has 1 saturated heterocycles. The maximum atomic E-state index is 12.6. The van der Waals surface area contributed by atoms with Gasteiger partial charge in [-0.2, -0.15) is 0 Å². The van der Waals surface area contributed by atoms with Crippen LogP contribution in [0.15, 0.2) is 23.0 Å². The normalized spacial score (nSPS) is 18.2. The summed E-state index contributed by atoms with van der Waals surface area (Å²) >= 11 is 0. The topological polar surface area (TPSA) is 81.4 Å². The third-order valence-electron chi connectivity index (χ3n) is 4.02. The smallest absolute Gasteiger partial charge is 0.292 e. The zero-order chi connectivity index (χ0) is 16.2. The van der Waals surface area contributed by atoms with Gasteiger partial charge in [-0.15, -0.1) is 0 Å². The van der Waals surface area contributed by atoms with Gasteiger partial charge in [-0.05, 0) is 26.7 Å². The number of carbonyl (C=O) groups excluding carboxylic acids is 1. The van der Waals surface area contributed by atoms with Crippen molar-refractivity contribution in [2.75, 3.05) is 19.8 Å². The van der Waals surface area contributed by atoms with Gasteiger partial charge in [-0.3, -0.25) is 14.8 Å². The molecule has 3 heterocycles. The molecule has 3 rings (SSSR count). The van der Waals surface area contributed by atoms with Crippen molar-refractivity contribution in [3.05, 3.63) is 41.3 Å². The lowest BCUT2D eigenvalue weighted by atomic mass is 10.1. The Balaban J connectivity index is 1.69. The highest BCUT2D eigenvalue weighted by molar-refractivity contribution is 5.91. The number of morpholine rings is 1. The largest absolute Gasteiger partial charge is 0.377 e. The summed E-state index contributed by atoms with van der Waals surface area (Å²) in [5.74, 6) is 0.153. The van der Waals surface area contributed by atoms with Gasteiger partial charge in [0, 0.05) is 25.0 Å². The van der Waals surface area contributed by atoms with Crippen LogP contribution < -0.4 is 0 Å². The fraction of sp³-hybridized carbons (Fsp3) is 0.500. The number of carbonyl (C=O) groups is 1. The molecule has 2 aromatic rings. The minimum absolute atomic E-state index is 0.00284. The highest BCUT2D eigenvalue weighted by atomic mass is 16.5. The molecule has 1 atom stereocenters. The summed E-state index contributed by atoms with van der Waals surface area (Å²) in [5, 5.41) is 3.79. The number of aryl methyl sites for hydroxylation is 3. The summed E-state index contributed by atoms with van der Waals surface area (Å²) in [6.07, 6.45) is 4.91. The average Bonchev–Trinajstić information content (AvgIpc) is 3.00. The molecular weight excluding hydrogens is 296 g/mol. The van der Waals surface area contributed by atoms with Crippen LogP contribution >= 0.6 is 0 Å². The van der Waals surface area contributed by atoms with Crippen LogP contribution in [0.1, 0.15) is 34.1 Å². The van der Waals surface area contributed by atoms with Gasteiger partial charge in [-0.1, -0.05) is 5.16 Å². The third kappa shape index (κ3) is 3.56. The van der Waals surface area contributed by atoms with E-state index in [2.05, 4.69) is 15.1 Å². The summed E-state index contributed by atoms with van der Waals surface area (Å²) in [4.78, 5) is 23.0. The number of hydrogen-bond acceptors (Lipinski definition) is 6. The molecule has 1 aliphatic rings. The summed E-state index contributed by atoms with van der Waals surface area (Å²) in [6.45, 7) is 5.37. The zero-order valence-corrected chi connectivity index (χ0v) is 13.4. The number of amides is 1. The predicted molar refractivity (Wildman–Crippen MR) is 82.0 cm³/mol. The van der Waals surface area contributed by atoms with E-state index < -0.39 is 0 Å². The molecule has 0 N–H and O–H groups in total. The molecule has 0 radical (unpaired) electrons. The molecule has 0 aliphatic carbocycles. The van der Waals surface area contributed by atoms with Gasteiger partial charge in [0.05, 0.1) is 36.3 Å². The number of ether oxygens (including phenoxy) is 1. The van der Waals surface area contributed by atoms with E-state index in [4.69, 9.17) is 9.26 Å². The van der Waals surface area contributed by atoms with Crippen LogP contribution in [0.3, 0.4) is 0 Å². The molecule has 23 heavy (non-hydrogen) atoms. The van der Waals surface area contributed by atoms with Gasteiger partial charge in [0.2, 0.25) is 5.76 Å². The van der Waals surface area contributed by atoms with Gasteiger partial charge in [-0.25, -0.2) is 0 Å². The molecule has 0 spiro atoms. The van der Waals surface area contributed by atoms with Crippen molar-refractivity contribution in [3.8, 4) is 0 Å². The minimum atomic E-state index is -0.130. The lowest BCUT2D eigenvalue weighted by Crippen LogP contribution is -2.48. The molecule has 2 aromatic heterocycles. The Morgan fingerprint density at radius 1 is 1.35 bits per heavy atom. The lowest BCUT2D eigenvalue weighted by Gasteiger charge is -2.35. The first-order valence-corrected chi connectivity index (χ1v) is 7.73. The van der Waals surface area contributed by atoms with E-state index in [1.807, 2.05) is 11.8 Å². The molecule has 1 amide bonds. The molecule has 0 unspecified atom stereocenters. The fourth-order valence-corrected chi connectivity index (χ4v) is 2.75. The van der Waals surface area contributed by atoms with Crippen molar-refractivity contribution in [1.82, 2.24) is 20.0 Å². The second-order valence-electron chi connectivity index (χ2n) is 5.69. The molecular formula is C16H20N4O3. The van der Waals surface area contributed by atoms with Gasteiger partial charge < -0.3 is 14.2 Å². The molecule has 7 nitrogen and oxygen atoms in total. The Labute approximate surface area is 134 Å². The Hall–Kier alpha value is -2.28. The van der Waals surface area contributed by atoms with E-state index in [1.165, 1.54) is 0 Å². The Kier molecular flexibility index (Phi) is 4.66. The lowest BCUT2D eigenvalue weighted by molar-refractivity contribution is -0.00604. The number of aromatic nitrogens is 3.